The van der Waals surface area contributed by atoms with Gasteiger partial charge in [-0.25, -0.2) is 0 Å². The van der Waals surface area contributed by atoms with Gasteiger partial charge in [-0.15, -0.1) is 11.8 Å². The van der Waals surface area contributed by atoms with Gasteiger partial charge in [-0.2, -0.15) is 0 Å². The highest BCUT2D eigenvalue weighted by molar-refractivity contribution is 8.00. The fraction of sp³-hybridized carbons (Fsp3) is 0.929. The van der Waals surface area contributed by atoms with Gasteiger partial charge in [0.2, 0.25) is 5.91 Å². The van der Waals surface area contributed by atoms with Crippen LogP contribution in [-0.4, -0.2) is 60.6 Å². The van der Waals surface area contributed by atoms with Gasteiger partial charge in [0.05, 0.1) is 5.75 Å². The fourth-order valence-corrected chi connectivity index (χ4v) is 3.43. The van der Waals surface area contributed by atoms with Crippen molar-refractivity contribution in [2.45, 2.75) is 44.9 Å². The van der Waals surface area contributed by atoms with Crippen molar-refractivity contribution in [1.82, 2.24) is 15.5 Å². The Hall–Kier alpha value is -0.260. The minimum Gasteiger partial charge on any atom is -0.352 e. The normalized spacial score (nSPS) is 18.5. The van der Waals surface area contributed by atoms with Crippen molar-refractivity contribution in [3.8, 4) is 0 Å². The van der Waals surface area contributed by atoms with Crippen LogP contribution < -0.4 is 10.6 Å². The first-order valence-electron chi connectivity index (χ1n) is 7.49. The summed E-state index contributed by atoms with van der Waals surface area (Å²) in [6.45, 7) is 11.6. The molecule has 1 fully saturated rings. The summed E-state index contributed by atoms with van der Waals surface area (Å²) in [5, 5.41) is 7.11. The molecule has 0 radical (unpaired) electrons. The third kappa shape index (κ3) is 7.18. The number of likely N-dealkylation sites (N-methyl/N-ethyl adjacent to an activating group) is 1. The van der Waals surface area contributed by atoms with E-state index in [4.69, 9.17) is 0 Å². The number of nitrogens with zero attached hydrogens (tertiary/aromatic N) is 1. The maximum atomic E-state index is 11.9. The molecule has 19 heavy (non-hydrogen) atoms. The second kappa shape index (κ2) is 9.61. The van der Waals surface area contributed by atoms with E-state index in [-0.39, 0.29) is 11.9 Å². The standard InChI is InChI=1S/C14H29N3OS/c1-4-17(5-2)10-12(3)16-14(18)11-19-13-6-8-15-9-7-13/h12-13,15H,4-11H2,1-3H3,(H,16,18). The molecular formula is C14H29N3OS. The van der Waals surface area contributed by atoms with E-state index >= 15 is 0 Å². The summed E-state index contributed by atoms with van der Waals surface area (Å²) in [4.78, 5) is 14.2. The lowest BCUT2D eigenvalue weighted by molar-refractivity contribution is -0.119. The Bertz CT molecular complexity index is 253. The number of nitrogens with one attached hydrogen (secondary N) is 2. The number of hydrogen-bond acceptors (Lipinski definition) is 4. The predicted molar refractivity (Wildman–Crippen MR) is 83.7 cm³/mol. The maximum absolute atomic E-state index is 11.9. The van der Waals surface area contributed by atoms with Gasteiger partial charge in [-0.05, 0) is 45.9 Å². The lowest BCUT2D eigenvalue weighted by Crippen LogP contribution is -2.42. The number of amides is 1. The third-order valence-electron chi connectivity index (χ3n) is 3.57. The summed E-state index contributed by atoms with van der Waals surface area (Å²) in [6.07, 6.45) is 2.37. The van der Waals surface area contributed by atoms with Crippen LogP contribution >= 0.6 is 11.8 Å². The van der Waals surface area contributed by atoms with Gasteiger partial charge in [0, 0.05) is 17.8 Å². The van der Waals surface area contributed by atoms with E-state index in [1.165, 1.54) is 12.8 Å². The van der Waals surface area contributed by atoms with Crippen LogP contribution in [0.1, 0.15) is 33.6 Å². The van der Waals surface area contributed by atoms with Crippen LogP contribution in [-0.2, 0) is 4.79 Å². The molecule has 1 atom stereocenters. The molecule has 1 rings (SSSR count). The minimum absolute atomic E-state index is 0.184. The zero-order valence-electron chi connectivity index (χ0n) is 12.6. The monoisotopic (exact) mass is 287 g/mol. The molecule has 2 N–H and O–H groups in total. The molecule has 1 saturated heterocycles. The fourth-order valence-electron chi connectivity index (χ4n) is 2.39. The first-order valence-corrected chi connectivity index (χ1v) is 8.54. The number of thioether (sulfide) groups is 1. The molecule has 0 aliphatic carbocycles. The third-order valence-corrected chi connectivity index (χ3v) is 4.94. The molecular weight excluding hydrogens is 258 g/mol. The number of rotatable bonds is 8. The van der Waals surface area contributed by atoms with Crippen LogP contribution in [0.2, 0.25) is 0 Å². The molecule has 0 aromatic heterocycles. The molecule has 0 bridgehead atoms. The number of carbonyl (C=O) groups is 1. The topological polar surface area (TPSA) is 44.4 Å². The second-order valence-electron chi connectivity index (χ2n) is 5.21. The van der Waals surface area contributed by atoms with Gasteiger partial charge in [-0.1, -0.05) is 13.8 Å². The van der Waals surface area contributed by atoms with Gasteiger partial charge < -0.3 is 15.5 Å². The zero-order valence-corrected chi connectivity index (χ0v) is 13.4. The van der Waals surface area contributed by atoms with Crippen molar-refractivity contribution in [1.29, 1.82) is 0 Å². The summed E-state index contributed by atoms with van der Waals surface area (Å²) >= 11 is 1.81. The molecule has 0 aromatic rings. The highest BCUT2D eigenvalue weighted by Gasteiger charge is 2.16. The molecule has 5 heteroatoms. The Kier molecular flexibility index (Phi) is 8.50. The van der Waals surface area contributed by atoms with Gasteiger partial charge in [0.15, 0.2) is 0 Å². The van der Waals surface area contributed by atoms with E-state index in [1.807, 2.05) is 11.8 Å². The lowest BCUT2D eigenvalue weighted by Gasteiger charge is -2.24. The Labute approximate surface area is 122 Å². The Morgan fingerprint density at radius 3 is 2.58 bits per heavy atom. The van der Waals surface area contributed by atoms with Crippen LogP contribution in [0.25, 0.3) is 0 Å². The van der Waals surface area contributed by atoms with Crippen molar-refractivity contribution in [3.63, 3.8) is 0 Å². The van der Waals surface area contributed by atoms with Gasteiger partial charge >= 0.3 is 0 Å². The molecule has 0 aromatic carbocycles. The summed E-state index contributed by atoms with van der Waals surface area (Å²) in [7, 11) is 0. The van der Waals surface area contributed by atoms with E-state index in [2.05, 4.69) is 36.3 Å². The van der Waals surface area contributed by atoms with Crippen molar-refractivity contribution < 1.29 is 4.79 Å². The molecule has 1 aliphatic heterocycles. The minimum atomic E-state index is 0.184. The quantitative estimate of drug-likeness (QED) is 0.707. The van der Waals surface area contributed by atoms with Crippen molar-refractivity contribution in [2.75, 3.05) is 38.5 Å². The first kappa shape index (κ1) is 16.8. The highest BCUT2D eigenvalue weighted by Crippen LogP contribution is 2.19. The Balaban J connectivity index is 2.15. The van der Waals surface area contributed by atoms with Crippen LogP contribution in [0.5, 0.6) is 0 Å². The molecule has 1 aliphatic rings. The zero-order chi connectivity index (χ0) is 14.1. The van der Waals surface area contributed by atoms with E-state index in [0.29, 0.717) is 11.0 Å². The predicted octanol–water partition coefficient (Wildman–Crippen LogP) is 1.32. The van der Waals surface area contributed by atoms with Crippen LogP contribution in [0.4, 0.5) is 0 Å². The summed E-state index contributed by atoms with van der Waals surface area (Å²) in [6, 6.07) is 0.237. The largest absolute Gasteiger partial charge is 0.352 e. The highest BCUT2D eigenvalue weighted by atomic mass is 32.2. The Morgan fingerprint density at radius 2 is 2.00 bits per heavy atom. The molecule has 1 amide bonds. The Morgan fingerprint density at radius 1 is 1.37 bits per heavy atom. The van der Waals surface area contributed by atoms with Gasteiger partial charge in [0.25, 0.3) is 0 Å². The van der Waals surface area contributed by atoms with Crippen LogP contribution in [0, 0.1) is 0 Å². The molecule has 0 saturated carbocycles. The first-order chi connectivity index (χ1) is 9.15. The van der Waals surface area contributed by atoms with Crippen LogP contribution in [0.15, 0.2) is 0 Å². The average molecular weight is 287 g/mol. The van der Waals surface area contributed by atoms with Gasteiger partial charge in [0.1, 0.15) is 0 Å². The second-order valence-corrected chi connectivity index (χ2v) is 6.50. The van der Waals surface area contributed by atoms with E-state index in [9.17, 15) is 4.79 Å². The smallest absolute Gasteiger partial charge is 0.230 e. The lowest BCUT2D eigenvalue weighted by atomic mass is 10.2. The summed E-state index contributed by atoms with van der Waals surface area (Å²) in [5.74, 6) is 0.788. The van der Waals surface area contributed by atoms with Crippen molar-refractivity contribution in [2.24, 2.45) is 0 Å². The van der Waals surface area contributed by atoms with Crippen molar-refractivity contribution >= 4 is 17.7 Å². The summed E-state index contributed by atoms with van der Waals surface area (Å²) < 4.78 is 0. The SMILES string of the molecule is CCN(CC)CC(C)NC(=O)CSC1CCNCC1. The number of piperidine rings is 1. The van der Waals surface area contributed by atoms with E-state index in [0.717, 1.165) is 32.7 Å². The van der Waals surface area contributed by atoms with Crippen molar-refractivity contribution in [3.05, 3.63) is 0 Å². The average Bonchev–Trinajstić information content (AvgIpc) is 2.43. The molecule has 1 unspecified atom stereocenters. The van der Waals surface area contributed by atoms with Crippen LogP contribution in [0.3, 0.4) is 0 Å². The molecule has 112 valence electrons. The van der Waals surface area contributed by atoms with E-state index < -0.39 is 0 Å². The maximum Gasteiger partial charge on any atom is 0.230 e. The molecule has 4 nitrogen and oxygen atoms in total. The molecule has 1 heterocycles. The van der Waals surface area contributed by atoms with Gasteiger partial charge in [-0.3, -0.25) is 4.79 Å². The number of carbonyl (C=O) groups excluding carboxylic acids is 1. The molecule has 0 spiro atoms. The van der Waals surface area contributed by atoms with E-state index in [1.54, 1.807) is 0 Å². The summed E-state index contributed by atoms with van der Waals surface area (Å²) in [5.41, 5.74) is 0. The number of hydrogen-bond donors (Lipinski definition) is 2.